The van der Waals surface area contributed by atoms with E-state index in [-0.39, 0.29) is 6.54 Å². The van der Waals surface area contributed by atoms with Gasteiger partial charge in [-0.3, -0.25) is 0 Å². The van der Waals surface area contributed by atoms with Crippen molar-refractivity contribution in [2.75, 3.05) is 0 Å². The predicted molar refractivity (Wildman–Crippen MR) is 57.0 cm³/mol. The fraction of sp³-hybridized carbons (Fsp3) is 0.167. The third kappa shape index (κ3) is 2.34. The number of rotatable bonds is 2. The molecule has 2 rings (SSSR count). The van der Waals surface area contributed by atoms with E-state index in [1.54, 1.807) is 12.1 Å². The molecule has 0 fully saturated rings. The summed E-state index contributed by atoms with van der Waals surface area (Å²) in [7, 11) is 0. The molecule has 1 aromatic heterocycles. The molecule has 0 aliphatic carbocycles. The van der Waals surface area contributed by atoms with E-state index < -0.39 is 11.7 Å². The van der Waals surface area contributed by atoms with E-state index in [0.717, 1.165) is 12.1 Å². The summed E-state index contributed by atoms with van der Waals surface area (Å²) in [4.78, 5) is 0. The first kappa shape index (κ1) is 11.7. The van der Waals surface area contributed by atoms with Gasteiger partial charge in [0.25, 0.3) is 0 Å². The summed E-state index contributed by atoms with van der Waals surface area (Å²) in [5.41, 5.74) is 5.81. The number of furan rings is 1. The highest BCUT2D eigenvalue weighted by atomic mass is 19.4. The zero-order chi connectivity index (χ0) is 12.5. The monoisotopic (exact) mass is 241 g/mol. The third-order valence-corrected chi connectivity index (χ3v) is 2.43. The largest absolute Gasteiger partial charge is 0.467 e. The molecule has 1 aromatic carbocycles. The van der Waals surface area contributed by atoms with E-state index in [1.807, 2.05) is 0 Å². The van der Waals surface area contributed by atoms with E-state index in [1.165, 1.54) is 12.3 Å². The summed E-state index contributed by atoms with van der Waals surface area (Å²) in [6.45, 7) is 0.151. The van der Waals surface area contributed by atoms with Gasteiger partial charge >= 0.3 is 6.18 Å². The average Bonchev–Trinajstić information content (AvgIpc) is 2.76. The Morgan fingerprint density at radius 1 is 1.18 bits per heavy atom. The molecule has 0 saturated heterocycles. The van der Waals surface area contributed by atoms with Crippen molar-refractivity contribution in [1.82, 2.24) is 0 Å². The first-order chi connectivity index (χ1) is 8.02. The molecule has 5 heteroatoms. The van der Waals surface area contributed by atoms with Gasteiger partial charge in [0.15, 0.2) is 0 Å². The number of nitrogens with two attached hydrogens (primary N) is 1. The number of hydrogen-bond acceptors (Lipinski definition) is 2. The third-order valence-electron chi connectivity index (χ3n) is 2.43. The molecule has 2 N–H and O–H groups in total. The van der Waals surface area contributed by atoms with Crippen molar-refractivity contribution in [2.45, 2.75) is 12.7 Å². The maximum absolute atomic E-state index is 12.5. The molecule has 0 bridgehead atoms. The van der Waals surface area contributed by atoms with Crippen LogP contribution in [0.15, 0.2) is 41.0 Å². The molecular formula is C12H10F3NO. The Labute approximate surface area is 95.8 Å². The van der Waals surface area contributed by atoms with E-state index in [9.17, 15) is 13.2 Å². The van der Waals surface area contributed by atoms with Crippen LogP contribution in [-0.2, 0) is 12.7 Å². The molecule has 0 amide bonds. The standard InChI is InChI=1S/C12H10F3NO/c13-12(14,15)9-3-1-2-8(6-9)10-4-5-17-11(10)7-16/h1-6H,7,16H2. The van der Waals surface area contributed by atoms with E-state index in [4.69, 9.17) is 10.2 Å². The normalized spacial score (nSPS) is 11.8. The summed E-state index contributed by atoms with van der Waals surface area (Å²) in [5, 5.41) is 0. The molecule has 0 radical (unpaired) electrons. The van der Waals surface area contributed by atoms with Crippen molar-refractivity contribution in [3.8, 4) is 11.1 Å². The molecule has 2 nitrogen and oxygen atoms in total. The minimum atomic E-state index is -4.34. The van der Waals surface area contributed by atoms with Crippen LogP contribution in [0.3, 0.4) is 0 Å². The molecular weight excluding hydrogens is 231 g/mol. The van der Waals surface area contributed by atoms with Gasteiger partial charge < -0.3 is 10.2 Å². The van der Waals surface area contributed by atoms with Crippen molar-refractivity contribution < 1.29 is 17.6 Å². The van der Waals surface area contributed by atoms with Gasteiger partial charge in [0, 0.05) is 5.56 Å². The maximum Gasteiger partial charge on any atom is 0.416 e. The zero-order valence-corrected chi connectivity index (χ0v) is 8.79. The molecule has 17 heavy (non-hydrogen) atoms. The second kappa shape index (κ2) is 4.25. The zero-order valence-electron chi connectivity index (χ0n) is 8.79. The number of benzene rings is 1. The van der Waals surface area contributed by atoms with Crippen LogP contribution in [0.2, 0.25) is 0 Å². The van der Waals surface area contributed by atoms with Gasteiger partial charge in [0.1, 0.15) is 5.76 Å². The van der Waals surface area contributed by atoms with Gasteiger partial charge in [-0.25, -0.2) is 0 Å². The molecule has 2 aromatic rings. The second-order valence-corrected chi connectivity index (χ2v) is 3.54. The van der Waals surface area contributed by atoms with Gasteiger partial charge in [0.05, 0.1) is 18.4 Å². The minimum Gasteiger partial charge on any atom is -0.467 e. The minimum absolute atomic E-state index is 0.151. The average molecular weight is 241 g/mol. The quantitative estimate of drug-likeness (QED) is 0.874. The Morgan fingerprint density at radius 3 is 2.59 bits per heavy atom. The Kier molecular flexibility index (Phi) is 2.93. The predicted octanol–water partition coefficient (Wildman–Crippen LogP) is 3.42. The van der Waals surface area contributed by atoms with Crippen molar-refractivity contribution in [3.63, 3.8) is 0 Å². The van der Waals surface area contributed by atoms with Crippen LogP contribution in [0, 0.1) is 0 Å². The van der Waals surface area contributed by atoms with Crippen molar-refractivity contribution in [1.29, 1.82) is 0 Å². The summed E-state index contributed by atoms with van der Waals surface area (Å²) in [6, 6.07) is 6.69. The van der Waals surface area contributed by atoms with Gasteiger partial charge in [0.2, 0.25) is 0 Å². The van der Waals surface area contributed by atoms with Crippen LogP contribution >= 0.6 is 0 Å². The fourth-order valence-corrected chi connectivity index (χ4v) is 1.62. The van der Waals surface area contributed by atoms with Gasteiger partial charge in [-0.1, -0.05) is 12.1 Å². The van der Waals surface area contributed by atoms with Gasteiger partial charge in [-0.15, -0.1) is 0 Å². The SMILES string of the molecule is NCc1occc1-c1cccc(C(F)(F)F)c1. The fourth-order valence-electron chi connectivity index (χ4n) is 1.62. The van der Waals surface area contributed by atoms with Gasteiger partial charge in [-0.2, -0.15) is 13.2 Å². The number of alkyl halides is 3. The second-order valence-electron chi connectivity index (χ2n) is 3.54. The van der Waals surface area contributed by atoms with Crippen molar-refractivity contribution in [3.05, 3.63) is 47.9 Å². The van der Waals surface area contributed by atoms with E-state index in [0.29, 0.717) is 16.9 Å². The first-order valence-electron chi connectivity index (χ1n) is 4.96. The molecule has 1 heterocycles. The van der Waals surface area contributed by atoms with Crippen LogP contribution in [0.25, 0.3) is 11.1 Å². The Morgan fingerprint density at radius 2 is 1.94 bits per heavy atom. The highest BCUT2D eigenvalue weighted by Gasteiger charge is 2.30. The molecule has 0 saturated carbocycles. The lowest BCUT2D eigenvalue weighted by molar-refractivity contribution is -0.137. The molecule has 0 atom stereocenters. The summed E-state index contributed by atoms with van der Waals surface area (Å²) in [5.74, 6) is 0.476. The molecule has 0 unspecified atom stereocenters. The Balaban J connectivity index is 2.47. The number of halogens is 3. The van der Waals surface area contributed by atoms with Crippen molar-refractivity contribution >= 4 is 0 Å². The van der Waals surface area contributed by atoms with Crippen molar-refractivity contribution in [2.24, 2.45) is 5.73 Å². The maximum atomic E-state index is 12.5. The summed E-state index contributed by atoms with van der Waals surface area (Å²) in [6.07, 6.45) is -2.93. The van der Waals surface area contributed by atoms with Crippen LogP contribution in [0.5, 0.6) is 0 Å². The molecule has 90 valence electrons. The van der Waals surface area contributed by atoms with Gasteiger partial charge in [-0.05, 0) is 23.8 Å². The number of hydrogen-bond donors (Lipinski definition) is 1. The summed E-state index contributed by atoms with van der Waals surface area (Å²) >= 11 is 0. The van der Waals surface area contributed by atoms with E-state index in [2.05, 4.69) is 0 Å². The summed E-state index contributed by atoms with van der Waals surface area (Å²) < 4.78 is 42.7. The lowest BCUT2D eigenvalue weighted by atomic mass is 10.0. The van der Waals surface area contributed by atoms with Crippen LogP contribution in [0.4, 0.5) is 13.2 Å². The molecule has 0 aliphatic rings. The Hall–Kier alpha value is -1.75. The Bertz CT molecular complexity index is 516. The highest BCUT2D eigenvalue weighted by molar-refractivity contribution is 5.66. The van der Waals surface area contributed by atoms with Crippen LogP contribution in [-0.4, -0.2) is 0 Å². The molecule has 0 aliphatic heterocycles. The highest BCUT2D eigenvalue weighted by Crippen LogP contribution is 2.33. The topological polar surface area (TPSA) is 39.2 Å². The lowest BCUT2D eigenvalue weighted by Gasteiger charge is -2.08. The first-order valence-corrected chi connectivity index (χ1v) is 4.96. The lowest BCUT2D eigenvalue weighted by Crippen LogP contribution is -2.04. The molecule has 0 spiro atoms. The smallest absolute Gasteiger partial charge is 0.416 e. The van der Waals surface area contributed by atoms with Crippen LogP contribution in [0.1, 0.15) is 11.3 Å². The van der Waals surface area contributed by atoms with Crippen LogP contribution < -0.4 is 5.73 Å². The van der Waals surface area contributed by atoms with E-state index >= 15 is 0 Å².